The van der Waals surface area contributed by atoms with Crippen molar-refractivity contribution in [3.05, 3.63) is 23.1 Å². The van der Waals surface area contributed by atoms with Crippen molar-refractivity contribution in [2.24, 2.45) is 0 Å². The van der Waals surface area contributed by atoms with E-state index in [9.17, 15) is 5.11 Å². The van der Waals surface area contributed by atoms with Crippen LogP contribution >= 0.6 is 23.1 Å². The normalized spacial score (nSPS) is 10.9. The number of thiophene rings is 1. The first-order valence-corrected chi connectivity index (χ1v) is 6.02. The molecule has 2 aromatic rings. The molecule has 0 aliphatic heterocycles. The van der Waals surface area contributed by atoms with Gasteiger partial charge in [-0.25, -0.2) is 0 Å². The molecule has 1 heterocycles. The Kier molecular flexibility index (Phi) is 2.22. The molecule has 0 aliphatic rings. The summed E-state index contributed by atoms with van der Waals surface area (Å²) in [7, 11) is 0. The maximum Gasteiger partial charge on any atom is 0.137 e. The van der Waals surface area contributed by atoms with Crippen LogP contribution in [0.2, 0.25) is 0 Å². The Hall–Kier alpha value is -0.670. The predicted octanol–water partition coefficient (Wildman–Crippen LogP) is 3.64. The third-order valence-electron chi connectivity index (χ3n) is 2.04. The van der Waals surface area contributed by atoms with Crippen molar-refractivity contribution in [2.45, 2.75) is 11.8 Å². The van der Waals surface area contributed by atoms with Crippen LogP contribution in [0.3, 0.4) is 0 Å². The second kappa shape index (κ2) is 3.24. The van der Waals surface area contributed by atoms with Gasteiger partial charge in [0.25, 0.3) is 0 Å². The van der Waals surface area contributed by atoms with Crippen molar-refractivity contribution >= 4 is 33.2 Å². The van der Waals surface area contributed by atoms with Crippen LogP contribution in [0, 0.1) is 6.92 Å². The molecule has 1 aromatic heterocycles. The minimum Gasteiger partial charge on any atom is -0.506 e. The van der Waals surface area contributed by atoms with Crippen LogP contribution in [0.15, 0.2) is 23.1 Å². The molecule has 0 aliphatic carbocycles. The third kappa shape index (κ3) is 1.42. The van der Waals surface area contributed by atoms with E-state index in [0.29, 0.717) is 5.75 Å². The number of rotatable bonds is 1. The lowest BCUT2D eigenvalue weighted by molar-refractivity contribution is 0.480. The van der Waals surface area contributed by atoms with Gasteiger partial charge in [-0.2, -0.15) is 0 Å². The fraction of sp³-hybridized carbons (Fsp3) is 0.200. The van der Waals surface area contributed by atoms with E-state index in [2.05, 4.69) is 12.1 Å². The molecule has 68 valence electrons. The van der Waals surface area contributed by atoms with Crippen molar-refractivity contribution in [3.63, 3.8) is 0 Å². The quantitative estimate of drug-likeness (QED) is 0.725. The number of thioether (sulfide) groups is 1. The number of fused-ring (bicyclic) bond motifs is 1. The average molecular weight is 210 g/mol. The zero-order chi connectivity index (χ0) is 9.42. The van der Waals surface area contributed by atoms with Gasteiger partial charge in [-0.3, -0.25) is 0 Å². The number of hydrogen-bond acceptors (Lipinski definition) is 3. The fourth-order valence-corrected chi connectivity index (χ4v) is 2.69. The van der Waals surface area contributed by atoms with Gasteiger partial charge in [-0.05, 0) is 31.4 Å². The van der Waals surface area contributed by atoms with E-state index >= 15 is 0 Å². The second-order valence-electron chi connectivity index (χ2n) is 2.87. The molecule has 0 atom stereocenters. The summed E-state index contributed by atoms with van der Waals surface area (Å²) in [6, 6.07) is 6.19. The molecule has 0 unspecified atom stereocenters. The lowest BCUT2D eigenvalue weighted by Crippen LogP contribution is -1.69. The van der Waals surface area contributed by atoms with Crippen molar-refractivity contribution in [3.8, 4) is 5.75 Å². The highest BCUT2D eigenvalue weighted by atomic mass is 32.2. The molecular weight excluding hydrogens is 200 g/mol. The number of benzene rings is 1. The zero-order valence-corrected chi connectivity index (χ0v) is 9.13. The molecule has 13 heavy (non-hydrogen) atoms. The average Bonchev–Trinajstić information content (AvgIpc) is 2.43. The Labute approximate surface area is 85.4 Å². The molecule has 0 bridgehead atoms. The lowest BCUT2D eigenvalue weighted by atomic mass is 10.2. The molecule has 0 amide bonds. The SMILES string of the molecule is CSc1ccc2sc(C)c(O)c2c1. The topological polar surface area (TPSA) is 20.2 Å². The molecule has 1 aromatic carbocycles. The summed E-state index contributed by atoms with van der Waals surface area (Å²) in [6.45, 7) is 1.94. The molecule has 1 N–H and O–H groups in total. The minimum atomic E-state index is 0.441. The Morgan fingerprint density at radius 3 is 2.85 bits per heavy atom. The van der Waals surface area contributed by atoms with Crippen LogP contribution in [-0.4, -0.2) is 11.4 Å². The lowest BCUT2D eigenvalue weighted by Gasteiger charge is -1.95. The van der Waals surface area contributed by atoms with Gasteiger partial charge in [0.15, 0.2) is 0 Å². The molecule has 0 spiro atoms. The van der Waals surface area contributed by atoms with Crippen molar-refractivity contribution in [1.29, 1.82) is 0 Å². The Balaban J connectivity index is 2.75. The number of hydrogen-bond donors (Lipinski definition) is 1. The zero-order valence-electron chi connectivity index (χ0n) is 7.50. The largest absolute Gasteiger partial charge is 0.506 e. The van der Waals surface area contributed by atoms with E-state index in [0.717, 1.165) is 15.0 Å². The summed E-state index contributed by atoms with van der Waals surface area (Å²) in [5.74, 6) is 0.441. The van der Waals surface area contributed by atoms with Gasteiger partial charge in [0.1, 0.15) is 5.75 Å². The van der Waals surface area contributed by atoms with Crippen LogP contribution in [-0.2, 0) is 0 Å². The van der Waals surface area contributed by atoms with Crippen molar-refractivity contribution in [1.82, 2.24) is 0 Å². The molecule has 2 rings (SSSR count). The summed E-state index contributed by atoms with van der Waals surface area (Å²) >= 11 is 3.33. The molecule has 1 nitrogen and oxygen atoms in total. The smallest absolute Gasteiger partial charge is 0.137 e. The van der Waals surface area contributed by atoms with Crippen LogP contribution < -0.4 is 0 Å². The van der Waals surface area contributed by atoms with Gasteiger partial charge >= 0.3 is 0 Å². The maximum absolute atomic E-state index is 9.72. The second-order valence-corrected chi connectivity index (χ2v) is 5.00. The summed E-state index contributed by atoms with van der Waals surface area (Å²) < 4.78 is 1.16. The summed E-state index contributed by atoms with van der Waals surface area (Å²) in [4.78, 5) is 2.19. The first kappa shape index (κ1) is 8.91. The van der Waals surface area contributed by atoms with Crippen LogP contribution in [0.4, 0.5) is 0 Å². The third-order valence-corrected chi connectivity index (χ3v) is 3.84. The van der Waals surface area contributed by atoms with Crippen LogP contribution in [0.1, 0.15) is 4.88 Å². The Morgan fingerprint density at radius 2 is 2.15 bits per heavy atom. The summed E-state index contributed by atoms with van der Waals surface area (Å²) in [6.07, 6.45) is 2.04. The molecule has 0 saturated heterocycles. The van der Waals surface area contributed by atoms with Crippen LogP contribution in [0.25, 0.3) is 10.1 Å². The Morgan fingerprint density at radius 1 is 1.38 bits per heavy atom. The first-order chi connectivity index (χ1) is 6.22. The van der Waals surface area contributed by atoms with Crippen LogP contribution in [0.5, 0.6) is 5.75 Å². The monoisotopic (exact) mass is 210 g/mol. The van der Waals surface area contributed by atoms with Gasteiger partial charge < -0.3 is 5.11 Å². The predicted molar refractivity (Wildman–Crippen MR) is 60.0 cm³/mol. The van der Waals surface area contributed by atoms with Gasteiger partial charge in [0.05, 0.1) is 0 Å². The van der Waals surface area contributed by atoms with Crippen molar-refractivity contribution in [2.75, 3.05) is 6.26 Å². The highest BCUT2D eigenvalue weighted by Gasteiger charge is 2.07. The molecule has 3 heteroatoms. The Bertz CT molecular complexity index is 445. The van der Waals surface area contributed by atoms with Gasteiger partial charge in [-0.1, -0.05) is 0 Å². The molecule has 0 fully saturated rings. The minimum absolute atomic E-state index is 0.441. The summed E-state index contributed by atoms with van der Waals surface area (Å²) in [5, 5.41) is 10.7. The van der Waals surface area contributed by atoms with E-state index in [4.69, 9.17) is 0 Å². The number of aryl methyl sites for hydroxylation is 1. The van der Waals surface area contributed by atoms with E-state index in [-0.39, 0.29) is 0 Å². The molecule has 0 radical (unpaired) electrons. The maximum atomic E-state index is 9.72. The van der Waals surface area contributed by atoms with E-state index in [1.54, 1.807) is 23.1 Å². The molecular formula is C10H10OS2. The van der Waals surface area contributed by atoms with Crippen molar-refractivity contribution < 1.29 is 5.11 Å². The highest BCUT2D eigenvalue weighted by molar-refractivity contribution is 7.98. The van der Waals surface area contributed by atoms with Gasteiger partial charge in [-0.15, -0.1) is 23.1 Å². The standard InChI is InChI=1S/C10H10OS2/c1-6-10(11)8-5-7(12-2)3-4-9(8)13-6/h3-5,11H,1-2H3. The fourth-order valence-electron chi connectivity index (χ4n) is 1.31. The van der Waals surface area contributed by atoms with Gasteiger partial charge in [0, 0.05) is 19.9 Å². The molecule has 0 saturated carbocycles. The highest BCUT2D eigenvalue weighted by Crippen LogP contribution is 2.37. The van der Waals surface area contributed by atoms with E-state index in [1.165, 1.54) is 4.90 Å². The van der Waals surface area contributed by atoms with E-state index in [1.807, 2.05) is 19.2 Å². The number of aromatic hydroxyl groups is 1. The van der Waals surface area contributed by atoms with Gasteiger partial charge in [0.2, 0.25) is 0 Å². The first-order valence-electron chi connectivity index (χ1n) is 3.98. The summed E-state index contributed by atoms with van der Waals surface area (Å²) in [5.41, 5.74) is 0. The van der Waals surface area contributed by atoms with E-state index < -0.39 is 0 Å².